The molecule has 0 unspecified atom stereocenters. The molecule has 0 saturated heterocycles. The lowest BCUT2D eigenvalue weighted by Crippen LogP contribution is -2.23. The van der Waals surface area contributed by atoms with Crippen LogP contribution in [0.5, 0.6) is 5.75 Å². The van der Waals surface area contributed by atoms with Gasteiger partial charge in [0.2, 0.25) is 10.0 Å². The van der Waals surface area contributed by atoms with Crippen molar-refractivity contribution in [1.29, 1.82) is 0 Å². The summed E-state index contributed by atoms with van der Waals surface area (Å²) in [5, 5.41) is 15.1. The van der Waals surface area contributed by atoms with Crippen LogP contribution in [0.4, 0.5) is 5.82 Å². The Balaban J connectivity index is 2.29. The zero-order valence-corrected chi connectivity index (χ0v) is 15.1. The van der Waals surface area contributed by atoms with Crippen LogP contribution < -0.4 is 10.1 Å². The number of methoxy groups -OCH3 is 1. The van der Waals surface area contributed by atoms with Gasteiger partial charge in [0.1, 0.15) is 17.2 Å². The van der Waals surface area contributed by atoms with E-state index in [0.29, 0.717) is 0 Å². The van der Waals surface area contributed by atoms with E-state index < -0.39 is 21.9 Å². The number of nitrogens with zero attached hydrogens (tertiary/aromatic N) is 3. The lowest BCUT2D eigenvalue weighted by Gasteiger charge is -2.15. The van der Waals surface area contributed by atoms with Gasteiger partial charge in [-0.2, -0.15) is 5.10 Å². The Morgan fingerprint density at radius 1 is 1.31 bits per heavy atom. The molecule has 0 aliphatic carbocycles. The molecule has 2 rings (SSSR count). The summed E-state index contributed by atoms with van der Waals surface area (Å²) in [4.78, 5) is 22.9. The molecule has 0 aliphatic heterocycles. The van der Waals surface area contributed by atoms with Gasteiger partial charge in [-0.25, -0.2) is 12.7 Å². The highest BCUT2D eigenvalue weighted by atomic mass is 32.2. The molecule has 1 heterocycles. The number of hydrogen-bond acceptors (Lipinski definition) is 6. The van der Waals surface area contributed by atoms with Gasteiger partial charge in [0, 0.05) is 31.9 Å². The van der Waals surface area contributed by atoms with Crippen LogP contribution in [0.3, 0.4) is 0 Å². The van der Waals surface area contributed by atoms with Gasteiger partial charge in [-0.05, 0) is 18.2 Å². The standard InChI is InChI=1S/C15H18N4O6S/c1-18(2)26(23,24)12-8-10(4-5-11(12)25-3)15(22)16-13-6-7-19(17-13)9-14(20)21/h4-8H,9H2,1-3H3,(H,20,21)(H,16,17,22). The third-order valence-electron chi connectivity index (χ3n) is 3.36. The van der Waals surface area contributed by atoms with Gasteiger partial charge in [-0.15, -0.1) is 0 Å². The number of carboxylic acids is 1. The molecule has 2 aromatic rings. The van der Waals surface area contributed by atoms with E-state index >= 15 is 0 Å². The van der Waals surface area contributed by atoms with Gasteiger partial charge < -0.3 is 15.2 Å². The maximum absolute atomic E-state index is 12.4. The summed E-state index contributed by atoms with van der Waals surface area (Å²) in [6, 6.07) is 5.44. The molecule has 0 bridgehead atoms. The second kappa shape index (κ2) is 7.54. The third-order valence-corrected chi connectivity index (χ3v) is 5.20. The fraction of sp³-hybridized carbons (Fsp3) is 0.267. The van der Waals surface area contributed by atoms with Crippen LogP contribution >= 0.6 is 0 Å². The minimum Gasteiger partial charge on any atom is -0.495 e. The van der Waals surface area contributed by atoms with Gasteiger partial charge >= 0.3 is 5.97 Å². The van der Waals surface area contributed by atoms with E-state index in [0.717, 1.165) is 8.99 Å². The number of anilines is 1. The zero-order valence-electron chi connectivity index (χ0n) is 14.3. The number of sulfonamides is 1. The van der Waals surface area contributed by atoms with Gasteiger partial charge in [0.05, 0.1) is 7.11 Å². The Morgan fingerprint density at radius 3 is 2.58 bits per heavy atom. The number of nitrogens with one attached hydrogen (secondary N) is 1. The summed E-state index contributed by atoms with van der Waals surface area (Å²) in [6.45, 7) is -0.344. The molecule has 0 fully saturated rings. The summed E-state index contributed by atoms with van der Waals surface area (Å²) in [7, 11) is 0.261. The van der Waals surface area contributed by atoms with E-state index in [2.05, 4.69) is 10.4 Å². The molecule has 140 valence electrons. The van der Waals surface area contributed by atoms with Crippen molar-refractivity contribution >= 4 is 27.7 Å². The number of carbonyl (C=O) groups is 2. The average Bonchev–Trinajstić information content (AvgIpc) is 3.00. The van der Waals surface area contributed by atoms with Crippen LogP contribution in [0.25, 0.3) is 0 Å². The Kier molecular flexibility index (Phi) is 5.63. The van der Waals surface area contributed by atoms with Crippen LogP contribution in [0.15, 0.2) is 35.4 Å². The third kappa shape index (κ3) is 4.18. The molecule has 0 saturated carbocycles. The van der Waals surface area contributed by atoms with E-state index in [9.17, 15) is 18.0 Å². The van der Waals surface area contributed by atoms with Crippen molar-refractivity contribution in [3.63, 3.8) is 0 Å². The number of aliphatic carboxylic acids is 1. The topological polar surface area (TPSA) is 131 Å². The predicted molar refractivity (Wildman–Crippen MR) is 91.7 cm³/mol. The van der Waals surface area contributed by atoms with E-state index in [1.54, 1.807) is 0 Å². The molecule has 0 aliphatic rings. The van der Waals surface area contributed by atoms with Crippen molar-refractivity contribution in [2.24, 2.45) is 0 Å². The highest BCUT2D eigenvalue weighted by Crippen LogP contribution is 2.27. The molecule has 1 aromatic heterocycles. The first-order chi connectivity index (χ1) is 12.1. The number of carbonyl (C=O) groups excluding carboxylic acids is 1. The van der Waals surface area contributed by atoms with Crippen LogP contribution in [0, 0.1) is 0 Å². The number of rotatable bonds is 7. The molecule has 11 heteroatoms. The molecule has 0 radical (unpaired) electrons. The van der Waals surface area contributed by atoms with Crippen molar-refractivity contribution in [3.05, 3.63) is 36.0 Å². The van der Waals surface area contributed by atoms with Crippen molar-refractivity contribution in [2.75, 3.05) is 26.5 Å². The molecule has 2 N–H and O–H groups in total. The molecule has 26 heavy (non-hydrogen) atoms. The number of hydrogen-bond donors (Lipinski definition) is 2. The number of ether oxygens (including phenoxy) is 1. The van der Waals surface area contributed by atoms with Crippen LogP contribution in [0.1, 0.15) is 10.4 Å². The number of carboxylic acid groups (broad SMARTS) is 1. The Labute approximate surface area is 150 Å². The van der Waals surface area contributed by atoms with Gasteiger partial charge in [-0.1, -0.05) is 0 Å². The highest BCUT2D eigenvalue weighted by molar-refractivity contribution is 7.89. The Bertz CT molecular complexity index is 935. The average molecular weight is 382 g/mol. The highest BCUT2D eigenvalue weighted by Gasteiger charge is 2.24. The molecule has 1 amide bonds. The second-order valence-corrected chi connectivity index (χ2v) is 7.52. The first-order valence-corrected chi connectivity index (χ1v) is 8.76. The molecule has 1 aromatic carbocycles. The molecule has 0 spiro atoms. The minimum absolute atomic E-state index is 0.0824. The number of benzene rings is 1. The molecule has 10 nitrogen and oxygen atoms in total. The van der Waals surface area contributed by atoms with Crippen LogP contribution in [0.2, 0.25) is 0 Å². The first kappa shape index (κ1) is 19.4. The Morgan fingerprint density at radius 2 is 2.00 bits per heavy atom. The van der Waals surface area contributed by atoms with Crippen molar-refractivity contribution in [2.45, 2.75) is 11.4 Å². The SMILES string of the molecule is COc1ccc(C(=O)Nc2ccn(CC(=O)O)n2)cc1S(=O)(=O)N(C)C. The van der Waals surface area contributed by atoms with E-state index in [4.69, 9.17) is 9.84 Å². The lowest BCUT2D eigenvalue weighted by molar-refractivity contribution is -0.137. The largest absolute Gasteiger partial charge is 0.495 e. The summed E-state index contributed by atoms with van der Waals surface area (Å²) in [6.07, 6.45) is 1.40. The second-order valence-electron chi connectivity index (χ2n) is 5.40. The fourth-order valence-corrected chi connectivity index (χ4v) is 3.13. The maximum atomic E-state index is 12.4. The normalized spacial score (nSPS) is 11.4. The number of aromatic nitrogens is 2. The van der Waals surface area contributed by atoms with Gasteiger partial charge in [0.15, 0.2) is 5.82 Å². The molecular formula is C15H18N4O6S. The summed E-state index contributed by atoms with van der Waals surface area (Å²) in [5.41, 5.74) is 0.0824. The monoisotopic (exact) mass is 382 g/mol. The number of amides is 1. The summed E-state index contributed by atoms with van der Waals surface area (Å²) >= 11 is 0. The van der Waals surface area contributed by atoms with Crippen LogP contribution in [-0.2, 0) is 21.4 Å². The fourth-order valence-electron chi connectivity index (χ4n) is 2.06. The van der Waals surface area contributed by atoms with Crippen molar-refractivity contribution in [1.82, 2.24) is 14.1 Å². The van der Waals surface area contributed by atoms with E-state index in [-0.39, 0.29) is 28.6 Å². The van der Waals surface area contributed by atoms with Gasteiger partial charge in [0.25, 0.3) is 5.91 Å². The Hall–Kier alpha value is -2.92. The smallest absolute Gasteiger partial charge is 0.325 e. The summed E-state index contributed by atoms with van der Waals surface area (Å²) in [5.74, 6) is -1.41. The van der Waals surface area contributed by atoms with Crippen molar-refractivity contribution in [3.8, 4) is 5.75 Å². The first-order valence-electron chi connectivity index (χ1n) is 7.32. The quantitative estimate of drug-likeness (QED) is 0.712. The van der Waals surface area contributed by atoms with Crippen LogP contribution in [-0.4, -0.2) is 60.7 Å². The zero-order chi connectivity index (χ0) is 19.5. The lowest BCUT2D eigenvalue weighted by atomic mass is 10.2. The summed E-state index contributed by atoms with van der Waals surface area (Å²) < 4.78 is 32.0. The molecule has 0 atom stereocenters. The van der Waals surface area contributed by atoms with E-state index in [1.807, 2.05) is 0 Å². The predicted octanol–water partition coefficient (Wildman–Crippen LogP) is 0.479. The van der Waals surface area contributed by atoms with E-state index in [1.165, 1.54) is 51.7 Å². The van der Waals surface area contributed by atoms with Crippen molar-refractivity contribution < 1.29 is 27.9 Å². The maximum Gasteiger partial charge on any atom is 0.325 e. The minimum atomic E-state index is -3.81. The van der Waals surface area contributed by atoms with Gasteiger partial charge in [-0.3, -0.25) is 14.3 Å². The molecular weight excluding hydrogens is 364 g/mol.